The number of rotatable bonds is 6. The smallest absolute Gasteiger partial charge is 0.263 e. The van der Waals surface area contributed by atoms with Gasteiger partial charge in [-0.3, -0.25) is 4.72 Å². The number of anilines is 2. The second kappa shape index (κ2) is 7.36. The van der Waals surface area contributed by atoms with Crippen LogP contribution < -0.4 is 10.0 Å². The van der Waals surface area contributed by atoms with Gasteiger partial charge in [0.15, 0.2) is 0 Å². The normalized spacial score (nSPS) is 11.1. The predicted octanol–water partition coefficient (Wildman–Crippen LogP) is 3.80. The Morgan fingerprint density at radius 1 is 0.920 bits per heavy atom. The standard InChI is InChI=1S/C19H19N3O2S/c1-15-7-9-16(10-8-15)13-20-17-11-12-19(21-14-17)22-25(23,24)18-5-3-2-4-6-18/h2-12,14,20H,13H2,1H3,(H,21,22). The van der Waals surface area contributed by atoms with Gasteiger partial charge in [0.25, 0.3) is 10.0 Å². The summed E-state index contributed by atoms with van der Waals surface area (Å²) in [4.78, 5) is 4.37. The van der Waals surface area contributed by atoms with Crippen molar-refractivity contribution >= 4 is 21.5 Å². The third-order valence-electron chi connectivity index (χ3n) is 3.67. The van der Waals surface area contributed by atoms with Gasteiger partial charge in [0.05, 0.1) is 16.8 Å². The molecule has 0 bridgehead atoms. The minimum atomic E-state index is -3.62. The van der Waals surface area contributed by atoms with E-state index < -0.39 is 10.0 Å². The third kappa shape index (κ3) is 4.58. The van der Waals surface area contributed by atoms with Crippen molar-refractivity contribution in [3.63, 3.8) is 0 Å². The Morgan fingerprint density at radius 3 is 2.28 bits per heavy atom. The fourth-order valence-electron chi connectivity index (χ4n) is 2.27. The molecule has 2 aromatic carbocycles. The molecule has 0 saturated carbocycles. The molecule has 0 atom stereocenters. The number of aromatic nitrogens is 1. The summed E-state index contributed by atoms with van der Waals surface area (Å²) in [6.45, 7) is 2.73. The zero-order chi connectivity index (χ0) is 17.7. The van der Waals surface area contributed by atoms with Crippen LogP contribution in [-0.4, -0.2) is 13.4 Å². The van der Waals surface area contributed by atoms with Crippen molar-refractivity contribution in [1.82, 2.24) is 4.98 Å². The highest BCUT2D eigenvalue weighted by Crippen LogP contribution is 2.16. The van der Waals surface area contributed by atoms with Gasteiger partial charge in [-0.05, 0) is 36.8 Å². The molecule has 0 amide bonds. The topological polar surface area (TPSA) is 71.1 Å². The van der Waals surface area contributed by atoms with Gasteiger partial charge in [-0.1, -0.05) is 48.0 Å². The molecule has 0 unspecified atom stereocenters. The molecule has 0 aliphatic carbocycles. The predicted molar refractivity (Wildman–Crippen MR) is 100.0 cm³/mol. The van der Waals surface area contributed by atoms with E-state index in [-0.39, 0.29) is 10.7 Å². The lowest BCUT2D eigenvalue weighted by atomic mass is 10.1. The summed E-state index contributed by atoms with van der Waals surface area (Å²) in [6, 6.07) is 19.9. The molecule has 2 N–H and O–H groups in total. The maximum atomic E-state index is 12.3. The first-order chi connectivity index (χ1) is 12.0. The fourth-order valence-corrected chi connectivity index (χ4v) is 3.29. The number of nitrogens with zero attached hydrogens (tertiary/aromatic N) is 1. The Balaban J connectivity index is 1.63. The lowest BCUT2D eigenvalue weighted by molar-refractivity contribution is 0.601. The Morgan fingerprint density at radius 2 is 1.64 bits per heavy atom. The molecule has 1 heterocycles. The van der Waals surface area contributed by atoms with E-state index in [9.17, 15) is 8.42 Å². The largest absolute Gasteiger partial charge is 0.380 e. The number of hydrogen-bond donors (Lipinski definition) is 2. The SMILES string of the molecule is Cc1ccc(CNc2ccc(NS(=O)(=O)c3ccccc3)nc2)cc1. The molecule has 0 aliphatic heterocycles. The van der Waals surface area contributed by atoms with Gasteiger partial charge in [0, 0.05) is 6.54 Å². The average Bonchev–Trinajstić information content (AvgIpc) is 2.63. The summed E-state index contributed by atoms with van der Waals surface area (Å²) in [5, 5.41) is 3.26. The van der Waals surface area contributed by atoms with Crippen molar-refractivity contribution in [3.05, 3.63) is 84.1 Å². The van der Waals surface area contributed by atoms with E-state index in [1.807, 2.05) is 0 Å². The number of benzene rings is 2. The van der Waals surface area contributed by atoms with Crippen molar-refractivity contribution in [3.8, 4) is 0 Å². The first kappa shape index (κ1) is 17.0. The molecule has 0 spiro atoms. The Hall–Kier alpha value is -2.86. The van der Waals surface area contributed by atoms with E-state index in [4.69, 9.17) is 0 Å². The monoisotopic (exact) mass is 353 g/mol. The third-order valence-corrected chi connectivity index (χ3v) is 5.04. The number of pyridine rings is 1. The van der Waals surface area contributed by atoms with Crippen LogP contribution in [0, 0.1) is 6.92 Å². The van der Waals surface area contributed by atoms with Gasteiger partial charge in [-0.25, -0.2) is 13.4 Å². The van der Waals surface area contributed by atoms with Crippen LogP contribution in [0.1, 0.15) is 11.1 Å². The van der Waals surface area contributed by atoms with Gasteiger partial charge in [0.1, 0.15) is 5.82 Å². The Kier molecular flexibility index (Phi) is 5.00. The molecule has 128 valence electrons. The molecule has 3 aromatic rings. The highest BCUT2D eigenvalue weighted by Gasteiger charge is 2.13. The number of sulfonamides is 1. The molecule has 0 aliphatic rings. The second-order valence-electron chi connectivity index (χ2n) is 5.69. The lowest BCUT2D eigenvalue weighted by Gasteiger charge is -2.09. The van der Waals surface area contributed by atoms with E-state index in [1.165, 1.54) is 11.1 Å². The van der Waals surface area contributed by atoms with Crippen LogP contribution in [-0.2, 0) is 16.6 Å². The molecule has 6 heteroatoms. The van der Waals surface area contributed by atoms with Gasteiger partial charge in [-0.15, -0.1) is 0 Å². The summed E-state index contributed by atoms with van der Waals surface area (Å²) < 4.78 is 27.0. The molecule has 0 fully saturated rings. The lowest BCUT2D eigenvalue weighted by Crippen LogP contribution is -2.13. The van der Waals surface area contributed by atoms with E-state index in [2.05, 4.69) is 46.2 Å². The van der Waals surface area contributed by atoms with Crippen LogP contribution in [0.2, 0.25) is 0 Å². The molecule has 1 aromatic heterocycles. The zero-order valence-electron chi connectivity index (χ0n) is 13.8. The summed E-state index contributed by atoms with van der Waals surface area (Å²) in [5.74, 6) is 0.282. The Labute approximate surface area is 147 Å². The zero-order valence-corrected chi connectivity index (χ0v) is 14.6. The highest BCUT2D eigenvalue weighted by molar-refractivity contribution is 7.92. The van der Waals surface area contributed by atoms with Crippen LogP contribution in [0.3, 0.4) is 0 Å². The van der Waals surface area contributed by atoms with Gasteiger partial charge in [-0.2, -0.15) is 0 Å². The van der Waals surface area contributed by atoms with Crippen molar-refractivity contribution in [2.24, 2.45) is 0 Å². The van der Waals surface area contributed by atoms with E-state index in [0.717, 1.165) is 5.69 Å². The molecule has 0 saturated heterocycles. The summed E-state index contributed by atoms with van der Waals surface area (Å²) in [5.41, 5.74) is 3.21. The van der Waals surface area contributed by atoms with Crippen molar-refractivity contribution < 1.29 is 8.42 Å². The molecular weight excluding hydrogens is 334 g/mol. The number of nitrogens with one attached hydrogen (secondary N) is 2. The highest BCUT2D eigenvalue weighted by atomic mass is 32.2. The maximum absolute atomic E-state index is 12.3. The maximum Gasteiger partial charge on any atom is 0.263 e. The van der Waals surface area contributed by atoms with E-state index in [1.54, 1.807) is 48.7 Å². The van der Waals surface area contributed by atoms with Gasteiger partial charge < -0.3 is 5.32 Å². The quantitative estimate of drug-likeness (QED) is 0.707. The first-order valence-electron chi connectivity index (χ1n) is 7.86. The summed E-state index contributed by atoms with van der Waals surface area (Å²) in [6.07, 6.45) is 1.61. The minimum Gasteiger partial charge on any atom is -0.380 e. The van der Waals surface area contributed by atoms with Crippen LogP contribution >= 0.6 is 0 Å². The van der Waals surface area contributed by atoms with Gasteiger partial charge in [0.2, 0.25) is 0 Å². The Bertz CT molecular complexity index is 923. The summed E-state index contributed by atoms with van der Waals surface area (Å²) >= 11 is 0. The van der Waals surface area contributed by atoms with Crippen LogP contribution in [0.5, 0.6) is 0 Å². The number of hydrogen-bond acceptors (Lipinski definition) is 4. The fraction of sp³-hybridized carbons (Fsp3) is 0.105. The van der Waals surface area contributed by atoms with Gasteiger partial charge >= 0.3 is 0 Å². The van der Waals surface area contributed by atoms with Crippen molar-refractivity contribution in [2.45, 2.75) is 18.4 Å². The van der Waals surface area contributed by atoms with E-state index in [0.29, 0.717) is 6.54 Å². The molecule has 5 nitrogen and oxygen atoms in total. The summed E-state index contributed by atoms with van der Waals surface area (Å²) in [7, 11) is -3.62. The van der Waals surface area contributed by atoms with Crippen molar-refractivity contribution in [2.75, 3.05) is 10.0 Å². The minimum absolute atomic E-state index is 0.207. The first-order valence-corrected chi connectivity index (χ1v) is 9.35. The second-order valence-corrected chi connectivity index (χ2v) is 7.37. The van der Waals surface area contributed by atoms with Crippen LogP contribution in [0.25, 0.3) is 0 Å². The number of aryl methyl sites for hydroxylation is 1. The van der Waals surface area contributed by atoms with Crippen LogP contribution in [0.15, 0.2) is 77.8 Å². The molecule has 25 heavy (non-hydrogen) atoms. The molecule has 3 rings (SSSR count). The van der Waals surface area contributed by atoms with Crippen LogP contribution in [0.4, 0.5) is 11.5 Å². The van der Waals surface area contributed by atoms with Crippen molar-refractivity contribution in [1.29, 1.82) is 0 Å². The van der Waals surface area contributed by atoms with E-state index >= 15 is 0 Å². The average molecular weight is 353 g/mol. The molecular formula is C19H19N3O2S. The molecule has 0 radical (unpaired) electrons.